The Hall–Kier alpha value is -3.14. The van der Waals surface area contributed by atoms with Crippen LogP contribution in [0.2, 0.25) is 0 Å². The number of hydrogen-bond acceptors (Lipinski definition) is 7. The van der Waals surface area contributed by atoms with E-state index < -0.39 is 17.4 Å². The van der Waals surface area contributed by atoms with Crippen molar-refractivity contribution in [2.75, 3.05) is 13.4 Å². The molecule has 0 aromatic heterocycles. The molecule has 26 heavy (non-hydrogen) atoms. The number of nitro groups is 1. The summed E-state index contributed by atoms with van der Waals surface area (Å²) in [5.41, 5.74) is 2.75. The van der Waals surface area contributed by atoms with Gasteiger partial charge in [0.1, 0.15) is 0 Å². The molecule has 3 rings (SSSR count). The predicted molar refractivity (Wildman–Crippen MR) is 94.6 cm³/mol. The van der Waals surface area contributed by atoms with E-state index in [1.807, 2.05) is 0 Å². The number of carbonyl (C=O) groups excluding carboxylic acids is 1. The van der Waals surface area contributed by atoms with Gasteiger partial charge in [-0.3, -0.25) is 14.9 Å². The molecule has 0 fully saturated rings. The number of nitro benzene ring substituents is 1. The van der Waals surface area contributed by atoms with Crippen molar-refractivity contribution in [2.24, 2.45) is 5.10 Å². The van der Waals surface area contributed by atoms with E-state index >= 15 is 0 Å². The van der Waals surface area contributed by atoms with E-state index in [0.717, 1.165) is 4.47 Å². The molecule has 9 nitrogen and oxygen atoms in total. The normalized spacial score (nSPS) is 12.2. The molecule has 1 aliphatic heterocycles. The Morgan fingerprint density at radius 2 is 2.08 bits per heavy atom. The van der Waals surface area contributed by atoms with Gasteiger partial charge >= 0.3 is 5.69 Å². The molecular formula is C16H12BrN3O6. The fraction of sp³-hybridized carbons (Fsp3) is 0.125. The van der Waals surface area contributed by atoms with Gasteiger partial charge in [0.05, 0.1) is 11.1 Å². The van der Waals surface area contributed by atoms with Crippen molar-refractivity contribution in [1.82, 2.24) is 5.43 Å². The van der Waals surface area contributed by atoms with Crippen LogP contribution in [0.15, 0.2) is 46.0 Å². The van der Waals surface area contributed by atoms with Crippen molar-refractivity contribution < 1.29 is 23.9 Å². The summed E-state index contributed by atoms with van der Waals surface area (Å²) < 4.78 is 16.4. The summed E-state index contributed by atoms with van der Waals surface area (Å²) in [6.45, 7) is -0.257. The molecule has 0 saturated heterocycles. The minimum absolute atomic E-state index is 0.00939. The van der Waals surface area contributed by atoms with Gasteiger partial charge < -0.3 is 14.2 Å². The molecule has 0 atom stereocenters. The Bertz CT molecular complexity index is 886. The van der Waals surface area contributed by atoms with Gasteiger partial charge in [0.15, 0.2) is 23.9 Å². The molecule has 134 valence electrons. The van der Waals surface area contributed by atoms with Crippen LogP contribution in [-0.4, -0.2) is 30.4 Å². The molecule has 0 unspecified atom stereocenters. The van der Waals surface area contributed by atoms with E-state index in [-0.39, 0.29) is 18.2 Å². The van der Waals surface area contributed by atoms with Gasteiger partial charge in [-0.2, -0.15) is 5.10 Å². The number of benzene rings is 2. The predicted octanol–water partition coefficient (Wildman–Crippen LogP) is 2.62. The molecule has 2 aromatic carbocycles. The lowest BCUT2D eigenvalue weighted by Gasteiger charge is -2.05. The fourth-order valence-electron chi connectivity index (χ4n) is 2.11. The summed E-state index contributed by atoms with van der Waals surface area (Å²) >= 11 is 3.37. The van der Waals surface area contributed by atoms with E-state index in [2.05, 4.69) is 26.5 Å². The molecule has 1 amide bonds. The monoisotopic (exact) mass is 421 g/mol. The maximum atomic E-state index is 11.8. The molecule has 0 saturated carbocycles. The first-order valence-electron chi connectivity index (χ1n) is 7.32. The minimum atomic E-state index is -0.581. The topological polar surface area (TPSA) is 112 Å². The number of ether oxygens (including phenoxy) is 3. The van der Waals surface area contributed by atoms with Crippen LogP contribution in [0.1, 0.15) is 5.56 Å². The molecule has 0 aliphatic carbocycles. The number of carbonyl (C=O) groups is 1. The summed E-state index contributed by atoms with van der Waals surface area (Å²) in [4.78, 5) is 22.1. The van der Waals surface area contributed by atoms with Crippen LogP contribution in [-0.2, 0) is 4.79 Å². The Morgan fingerprint density at radius 1 is 1.35 bits per heavy atom. The lowest BCUT2D eigenvalue weighted by atomic mass is 10.2. The van der Waals surface area contributed by atoms with E-state index in [1.54, 1.807) is 18.2 Å². The van der Waals surface area contributed by atoms with Gasteiger partial charge in [0.2, 0.25) is 6.79 Å². The second-order valence-electron chi connectivity index (χ2n) is 5.03. The molecule has 1 aliphatic rings. The van der Waals surface area contributed by atoms with Gasteiger partial charge in [-0.25, -0.2) is 5.43 Å². The van der Waals surface area contributed by atoms with Gasteiger partial charge in [-0.05, 0) is 34.1 Å². The standard InChI is InChI=1S/C16H12BrN3O6/c17-11-6-15-14(25-9-26-15)5-10(11)7-18-19-16(21)8-24-13-4-2-1-3-12(13)20(22)23/h1-7H,8-9H2,(H,19,21)/b18-7+. The average molecular weight is 422 g/mol. The second-order valence-corrected chi connectivity index (χ2v) is 5.89. The molecule has 0 spiro atoms. The summed E-state index contributed by atoms with van der Waals surface area (Å²) in [6, 6.07) is 9.25. The van der Waals surface area contributed by atoms with Crippen LogP contribution in [0.5, 0.6) is 17.2 Å². The zero-order valence-corrected chi connectivity index (χ0v) is 14.8. The van der Waals surface area contributed by atoms with Gasteiger partial charge in [0.25, 0.3) is 5.91 Å². The van der Waals surface area contributed by atoms with Crippen LogP contribution >= 0.6 is 15.9 Å². The third kappa shape index (κ3) is 4.09. The number of nitrogens with zero attached hydrogens (tertiary/aromatic N) is 2. The first kappa shape index (κ1) is 17.7. The highest BCUT2D eigenvalue weighted by molar-refractivity contribution is 9.10. The van der Waals surface area contributed by atoms with Crippen molar-refractivity contribution in [3.63, 3.8) is 0 Å². The molecule has 1 N–H and O–H groups in total. The number of hydrogen-bond donors (Lipinski definition) is 1. The maximum Gasteiger partial charge on any atom is 0.310 e. The number of amides is 1. The Balaban J connectivity index is 1.56. The highest BCUT2D eigenvalue weighted by Crippen LogP contribution is 2.36. The summed E-state index contributed by atoms with van der Waals surface area (Å²) in [5.74, 6) is 0.656. The van der Waals surface area contributed by atoms with Crippen molar-refractivity contribution in [3.8, 4) is 17.2 Å². The van der Waals surface area contributed by atoms with Crippen LogP contribution in [0.3, 0.4) is 0 Å². The van der Waals surface area contributed by atoms with Crippen molar-refractivity contribution in [1.29, 1.82) is 0 Å². The Morgan fingerprint density at radius 3 is 2.85 bits per heavy atom. The van der Waals surface area contributed by atoms with Crippen molar-refractivity contribution in [3.05, 3.63) is 56.5 Å². The second kappa shape index (κ2) is 7.83. The quantitative estimate of drug-likeness (QED) is 0.435. The molecule has 0 bridgehead atoms. The van der Waals surface area contributed by atoms with Crippen LogP contribution in [0, 0.1) is 10.1 Å². The molecule has 2 aromatic rings. The zero-order valence-electron chi connectivity index (χ0n) is 13.2. The lowest BCUT2D eigenvalue weighted by Crippen LogP contribution is -2.24. The zero-order chi connectivity index (χ0) is 18.5. The van der Waals surface area contributed by atoms with Gasteiger partial charge in [-0.1, -0.05) is 12.1 Å². The highest BCUT2D eigenvalue weighted by Gasteiger charge is 2.16. The molecule has 1 heterocycles. The number of rotatable bonds is 6. The molecule has 0 radical (unpaired) electrons. The Kier molecular flexibility index (Phi) is 5.32. The van der Waals surface area contributed by atoms with Crippen LogP contribution in [0.25, 0.3) is 0 Å². The third-order valence-electron chi connectivity index (χ3n) is 3.31. The van der Waals surface area contributed by atoms with Gasteiger partial charge in [-0.15, -0.1) is 0 Å². The van der Waals surface area contributed by atoms with E-state index in [9.17, 15) is 14.9 Å². The average Bonchev–Trinajstić information content (AvgIpc) is 3.07. The number of nitrogens with one attached hydrogen (secondary N) is 1. The van der Waals surface area contributed by atoms with E-state index in [4.69, 9.17) is 14.2 Å². The maximum absolute atomic E-state index is 11.8. The van der Waals surface area contributed by atoms with Crippen molar-refractivity contribution in [2.45, 2.75) is 0 Å². The number of halogens is 1. The fourth-order valence-corrected chi connectivity index (χ4v) is 2.54. The van der Waals surface area contributed by atoms with Gasteiger partial charge in [0, 0.05) is 16.1 Å². The summed E-state index contributed by atoms with van der Waals surface area (Å²) in [6.07, 6.45) is 1.43. The number of hydrazone groups is 1. The smallest absolute Gasteiger partial charge is 0.310 e. The summed E-state index contributed by atoms with van der Waals surface area (Å²) in [5, 5.41) is 14.7. The summed E-state index contributed by atoms with van der Waals surface area (Å²) in [7, 11) is 0. The molecular weight excluding hydrogens is 410 g/mol. The first-order valence-corrected chi connectivity index (χ1v) is 8.11. The highest BCUT2D eigenvalue weighted by atomic mass is 79.9. The lowest BCUT2D eigenvalue weighted by molar-refractivity contribution is -0.385. The number of fused-ring (bicyclic) bond motifs is 1. The van der Waals surface area contributed by atoms with Crippen molar-refractivity contribution >= 4 is 33.7 Å². The van der Waals surface area contributed by atoms with Crippen LogP contribution in [0.4, 0.5) is 5.69 Å². The first-order chi connectivity index (χ1) is 12.5. The largest absolute Gasteiger partial charge is 0.477 e. The molecule has 10 heteroatoms. The minimum Gasteiger partial charge on any atom is -0.477 e. The van der Waals surface area contributed by atoms with Crippen LogP contribution < -0.4 is 19.6 Å². The third-order valence-corrected chi connectivity index (χ3v) is 3.99. The van der Waals surface area contributed by atoms with E-state index in [1.165, 1.54) is 24.4 Å². The van der Waals surface area contributed by atoms with E-state index in [0.29, 0.717) is 17.1 Å². The number of para-hydroxylation sites is 2. The SMILES string of the molecule is O=C(COc1ccccc1[N+](=O)[O-])N/N=C/c1cc2c(cc1Br)OCO2. The Labute approximate surface area is 155 Å².